The Kier molecular flexibility index (Phi) is 6.60. The molecule has 1 heterocycles. The molecule has 162 valence electrons. The summed E-state index contributed by atoms with van der Waals surface area (Å²) in [5.74, 6) is -0.845. The lowest BCUT2D eigenvalue weighted by molar-refractivity contribution is -0.112. The summed E-state index contributed by atoms with van der Waals surface area (Å²) in [6.45, 7) is 7.77. The first-order valence-electron chi connectivity index (χ1n) is 10.1. The van der Waals surface area contributed by atoms with Gasteiger partial charge in [0.25, 0.3) is 5.91 Å². The minimum Gasteiger partial charge on any atom is -0.465 e. The SMILES string of the molecule is COC(=O)c1ccc(-n2c(C)cc(/C=C(/C#N)C(=O)Nc3ccc(C)cc3)c2C)c(C)c1. The summed E-state index contributed by atoms with van der Waals surface area (Å²) in [4.78, 5) is 24.4. The zero-order valence-corrected chi connectivity index (χ0v) is 18.8. The first-order chi connectivity index (χ1) is 15.2. The van der Waals surface area contributed by atoms with Crippen LogP contribution >= 0.6 is 0 Å². The molecule has 0 radical (unpaired) electrons. The number of anilines is 1. The molecule has 0 fully saturated rings. The molecule has 0 spiro atoms. The average Bonchev–Trinajstić information content (AvgIpc) is 3.05. The molecular weight excluding hydrogens is 402 g/mol. The number of nitriles is 1. The van der Waals surface area contributed by atoms with Crippen LogP contribution in [0.5, 0.6) is 0 Å². The van der Waals surface area contributed by atoms with E-state index in [4.69, 9.17) is 4.74 Å². The molecule has 0 unspecified atom stereocenters. The van der Waals surface area contributed by atoms with E-state index >= 15 is 0 Å². The summed E-state index contributed by atoms with van der Waals surface area (Å²) in [7, 11) is 1.35. The van der Waals surface area contributed by atoms with Crippen LogP contribution in [0.3, 0.4) is 0 Å². The molecule has 32 heavy (non-hydrogen) atoms. The van der Waals surface area contributed by atoms with Crippen molar-refractivity contribution in [2.75, 3.05) is 12.4 Å². The molecule has 0 saturated carbocycles. The van der Waals surface area contributed by atoms with Gasteiger partial charge in [-0.1, -0.05) is 17.7 Å². The Labute approximate surface area is 187 Å². The van der Waals surface area contributed by atoms with Crippen molar-refractivity contribution in [1.29, 1.82) is 5.26 Å². The van der Waals surface area contributed by atoms with Crippen LogP contribution in [0.4, 0.5) is 5.69 Å². The van der Waals surface area contributed by atoms with Crippen molar-refractivity contribution < 1.29 is 14.3 Å². The molecule has 3 aromatic rings. The van der Waals surface area contributed by atoms with Gasteiger partial charge in [-0.15, -0.1) is 0 Å². The van der Waals surface area contributed by atoms with E-state index in [2.05, 4.69) is 5.32 Å². The normalized spacial score (nSPS) is 11.1. The number of aryl methyl sites for hydroxylation is 3. The second kappa shape index (κ2) is 9.36. The number of nitrogens with zero attached hydrogens (tertiary/aromatic N) is 2. The van der Waals surface area contributed by atoms with Crippen molar-refractivity contribution in [3.05, 3.63) is 87.7 Å². The van der Waals surface area contributed by atoms with E-state index in [1.165, 1.54) is 7.11 Å². The fourth-order valence-corrected chi connectivity index (χ4v) is 3.60. The maximum atomic E-state index is 12.6. The van der Waals surface area contributed by atoms with Crippen LogP contribution in [0.25, 0.3) is 11.8 Å². The van der Waals surface area contributed by atoms with Crippen LogP contribution < -0.4 is 5.32 Å². The van der Waals surface area contributed by atoms with Crippen molar-refractivity contribution in [2.45, 2.75) is 27.7 Å². The van der Waals surface area contributed by atoms with Gasteiger partial charge in [0.05, 0.1) is 12.7 Å². The van der Waals surface area contributed by atoms with Gasteiger partial charge in [-0.2, -0.15) is 5.26 Å². The second-order valence-electron chi connectivity index (χ2n) is 7.64. The van der Waals surface area contributed by atoms with Gasteiger partial charge in [0, 0.05) is 22.8 Å². The quantitative estimate of drug-likeness (QED) is 0.351. The summed E-state index contributed by atoms with van der Waals surface area (Å²) in [5, 5.41) is 12.3. The monoisotopic (exact) mass is 427 g/mol. The highest BCUT2D eigenvalue weighted by Crippen LogP contribution is 2.26. The van der Waals surface area contributed by atoms with Crippen LogP contribution in [-0.2, 0) is 9.53 Å². The van der Waals surface area contributed by atoms with E-state index < -0.39 is 5.91 Å². The molecule has 1 aromatic heterocycles. The number of methoxy groups -OCH3 is 1. The van der Waals surface area contributed by atoms with Crippen LogP contribution in [0.1, 0.15) is 38.4 Å². The second-order valence-corrected chi connectivity index (χ2v) is 7.64. The molecule has 0 atom stereocenters. The van der Waals surface area contributed by atoms with E-state index in [-0.39, 0.29) is 11.5 Å². The number of nitrogens with one attached hydrogen (secondary N) is 1. The van der Waals surface area contributed by atoms with E-state index in [1.807, 2.05) is 62.6 Å². The van der Waals surface area contributed by atoms with Gasteiger partial charge >= 0.3 is 5.97 Å². The van der Waals surface area contributed by atoms with Crippen molar-refractivity contribution in [3.8, 4) is 11.8 Å². The van der Waals surface area contributed by atoms with E-state index in [0.717, 1.165) is 33.8 Å². The number of benzene rings is 2. The predicted octanol–water partition coefficient (Wildman–Crippen LogP) is 5.04. The lowest BCUT2D eigenvalue weighted by atomic mass is 10.1. The fourth-order valence-electron chi connectivity index (χ4n) is 3.60. The third kappa shape index (κ3) is 4.62. The molecule has 6 heteroatoms. The molecule has 0 bridgehead atoms. The number of rotatable bonds is 5. The van der Waals surface area contributed by atoms with Crippen molar-refractivity contribution in [3.63, 3.8) is 0 Å². The highest BCUT2D eigenvalue weighted by Gasteiger charge is 2.16. The van der Waals surface area contributed by atoms with Gasteiger partial charge < -0.3 is 14.6 Å². The molecule has 0 aliphatic carbocycles. The average molecular weight is 428 g/mol. The van der Waals surface area contributed by atoms with Gasteiger partial charge in [0.1, 0.15) is 11.6 Å². The third-order valence-electron chi connectivity index (χ3n) is 5.30. The Hall–Kier alpha value is -4.11. The zero-order valence-electron chi connectivity index (χ0n) is 18.8. The van der Waals surface area contributed by atoms with E-state index in [0.29, 0.717) is 11.3 Å². The Morgan fingerprint density at radius 1 is 1.03 bits per heavy atom. The van der Waals surface area contributed by atoms with Crippen LogP contribution in [-0.4, -0.2) is 23.6 Å². The first-order valence-corrected chi connectivity index (χ1v) is 10.1. The molecule has 6 nitrogen and oxygen atoms in total. The summed E-state index contributed by atoms with van der Waals surface area (Å²) < 4.78 is 6.83. The van der Waals surface area contributed by atoms with Crippen molar-refractivity contribution >= 4 is 23.6 Å². The lowest BCUT2D eigenvalue weighted by Gasteiger charge is -2.14. The maximum Gasteiger partial charge on any atom is 0.337 e. The molecule has 0 saturated heterocycles. The standard InChI is InChI=1S/C26H25N3O3/c1-16-6-9-23(10-7-16)28-25(30)22(15-27)14-21-13-18(3)29(19(21)4)24-11-8-20(12-17(24)2)26(31)32-5/h6-14H,1-5H3,(H,28,30)/b22-14-. The third-order valence-corrected chi connectivity index (χ3v) is 5.30. The number of hydrogen-bond acceptors (Lipinski definition) is 4. The Bertz CT molecular complexity index is 1260. The summed E-state index contributed by atoms with van der Waals surface area (Å²) in [6.07, 6.45) is 1.60. The van der Waals surface area contributed by atoms with Crippen molar-refractivity contribution in [2.24, 2.45) is 0 Å². The highest BCUT2D eigenvalue weighted by atomic mass is 16.5. The zero-order chi connectivity index (χ0) is 23.4. The topological polar surface area (TPSA) is 84.1 Å². The fraction of sp³-hybridized carbons (Fsp3) is 0.192. The summed E-state index contributed by atoms with van der Waals surface area (Å²) >= 11 is 0. The molecule has 2 aromatic carbocycles. The van der Waals surface area contributed by atoms with Crippen LogP contribution in [0.15, 0.2) is 54.1 Å². The molecule has 0 aliphatic heterocycles. The number of carbonyl (C=O) groups excluding carboxylic acids is 2. The van der Waals surface area contributed by atoms with Gasteiger partial charge in [-0.25, -0.2) is 4.79 Å². The first kappa shape index (κ1) is 22.6. The summed E-state index contributed by atoms with van der Waals surface area (Å²) in [6, 6.07) is 16.7. The number of carbonyl (C=O) groups is 2. The number of amides is 1. The summed E-state index contributed by atoms with van der Waals surface area (Å²) in [5.41, 5.74) is 6.63. The Morgan fingerprint density at radius 2 is 1.72 bits per heavy atom. The Balaban J connectivity index is 1.95. The van der Waals surface area contributed by atoms with E-state index in [9.17, 15) is 14.9 Å². The maximum absolute atomic E-state index is 12.6. The number of hydrogen-bond donors (Lipinski definition) is 1. The van der Waals surface area contributed by atoms with Crippen molar-refractivity contribution in [1.82, 2.24) is 4.57 Å². The lowest BCUT2D eigenvalue weighted by Crippen LogP contribution is -2.13. The van der Waals surface area contributed by atoms with Crippen LogP contribution in [0.2, 0.25) is 0 Å². The van der Waals surface area contributed by atoms with Crippen LogP contribution in [0, 0.1) is 39.0 Å². The minimum absolute atomic E-state index is 0.0172. The van der Waals surface area contributed by atoms with Gasteiger partial charge in [-0.05, 0) is 81.3 Å². The number of ether oxygens (including phenoxy) is 1. The predicted molar refractivity (Wildman–Crippen MR) is 125 cm³/mol. The van der Waals surface area contributed by atoms with Gasteiger partial charge in [0.2, 0.25) is 0 Å². The smallest absolute Gasteiger partial charge is 0.337 e. The number of esters is 1. The highest BCUT2D eigenvalue weighted by molar-refractivity contribution is 6.09. The Morgan fingerprint density at radius 3 is 2.31 bits per heavy atom. The van der Waals surface area contributed by atoms with Gasteiger partial charge in [0.15, 0.2) is 0 Å². The largest absolute Gasteiger partial charge is 0.465 e. The molecule has 1 amide bonds. The minimum atomic E-state index is -0.459. The molecule has 1 N–H and O–H groups in total. The molecular formula is C26H25N3O3. The van der Waals surface area contributed by atoms with E-state index in [1.54, 1.807) is 30.3 Å². The molecule has 0 aliphatic rings. The van der Waals surface area contributed by atoms with Gasteiger partial charge in [-0.3, -0.25) is 4.79 Å². The molecule has 3 rings (SSSR count). The number of aromatic nitrogens is 1.